The highest BCUT2D eigenvalue weighted by Gasteiger charge is 2.63. The summed E-state index contributed by atoms with van der Waals surface area (Å²) in [5, 5.41) is 100.0. The molecule has 63 heavy (non-hydrogen) atoms. The number of hydrogen-bond donors (Lipinski definition) is 12. The number of phenols is 1. The minimum absolute atomic E-state index is 0.127. The number of aromatic hydroxyl groups is 1. The van der Waals surface area contributed by atoms with Crippen LogP contribution in [-0.4, -0.2) is 173 Å². The van der Waals surface area contributed by atoms with Crippen LogP contribution in [-0.2, 0) is 42.2 Å². The number of aliphatic hydroxyl groups excluding tert-OH is 5. The molecule has 8 atom stereocenters. The van der Waals surface area contributed by atoms with Crippen LogP contribution in [0.3, 0.4) is 0 Å². The number of fused-ring (bicyclic) bond motifs is 1. The third-order valence-corrected chi connectivity index (χ3v) is 12.1. The van der Waals surface area contributed by atoms with Gasteiger partial charge in [0.05, 0.1) is 12.2 Å². The molecule has 0 aromatic heterocycles. The van der Waals surface area contributed by atoms with Gasteiger partial charge in [-0.3, -0.25) is 4.90 Å². The van der Waals surface area contributed by atoms with Crippen LogP contribution in [0, 0.1) is 5.92 Å². The number of nitrogens with zero attached hydrogens (tertiary/aromatic N) is 1. The minimum Gasteiger partial charge on any atom is -0.508 e. The maximum atomic E-state index is 11.9. The molecule has 5 unspecified atom stereocenters. The molecule has 0 radical (unpaired) electrons. The van der Waals surface area contributed by atoms with Crippen molar-refractivity contribution in [2.45, 2.75) is 132 Å². The Morgan fingerprint density at radius 1 is 0.794 bits per heavy atom. The Morgan fingerprint density at radius 2 is 1.35 bits per heavy atom. The first kappa shape index (κ1) is 52.9. The van der Waals surface area contributed by atoms with Gasteiger partial charge in [-0.05, 0) is 98.4 Å². The van der Waals surface area contributed by atoms with Gasteiger partial charge < -0.3 is 71.0 Å². The van der Waals surface area contributed by atoms with E-state index in [9.17, 15) is 34.5 Å². The third-order valence-electron chi connectivity index (χ3n) is 12.1. The number of methoxy groups -OCH3 is 1. The monoisotopic (exact) mass is 894 g/mol. The number of carboxylic acid groups (broad SMARTS) is 4. The van der Waals surface area contributed by atoms with Crippen LogP contribution in [0.15, 0.2) is 42.5 Å². The van der Waals surface area contributed by atoms with Crippen LogP contribution in [0.4, 0.5) is 0 Å². The number of likely N-dealkylation sites (tertiary alicyclic amines) is 1. The van der Waals surface area contributed by atoms with Crippen molar-refractivity contribution in [1.82, 2.24) is 10.2 Å². The van der Waals surface area contributed by atoms with Crippen molar-refractivity contribution in [3.8, 4) is 11.5 Å². The highest BCUT2D eigenvalue weighted by molar-refractivity contribution is 5.83. The first-order chi connectivity index (χ1) is 29.7. The fourth-order valence-electron chi connectivity index (χ4n) is 8.45. The zero-order valence-electron chi connectivity index (χ0n) is 36.1. The average molecular weight is 895 g/mol. The number of benzene rings is 2. The maximum absolute atomic E-state index is 11.9. The normalized spacial score (nSPS) is 23.7. The van der Waals surface area contributed by atoms with Gasteiger partial charge in [0.25, 0.3) is 0 Å². The molecule has 2 saturated carbocycles. The van der Waals surface area contributed by atoms with Crippen molar-refractivity contribution in [3.63, 3.8) is 0 Å². The molecular formula is C44H66N2O17. The van der Waals surface area contributed by atoms with E-state index in [2.05, 4.69) is 16.3 Å². The average Bonchev–Trinajstić information content (AvgIpc) is 3.23. The molecular weight excluding hydrogens is 828 g/mol. The molecule has 1 saturated heterocycles. The first-order valence-corrected chi connectivity index (χ1v) is 21.2. The molecule has 6 rings (SSSR count). The minimum atomic E-state index is -2.27. The quantitative estimate of drug-likeness (QED) is 0.104. The van der Waals surface area contributed by atoms with E-state index < -0.39 is 60.0 Å². The lowest BCUT2D eigenvalue weighted by Crippen LogP contribution is -2.72. The SMILES string of the molecule is COCCc1ccc(OCC(O)CNC(C)C)cc1.O=C(O)C(O)C(O)C(=O)O.O=C(O)C(O)C(O)C(=O)O.Oc1ccc2c(c1)[C@@]13CCCC[C@@]1(O)[C@@H](C2)N(CC1CCC1)CC3. The zero-order chi connectivity index (χ0) is 47.1. The van der Waals surface area contributed by atoms with Gasteiger partial charge in [0.1, 0.15) is 24.2 Å². The maximum Gasteiger partial charge on any atom is 0.335 e. The van der Waals surface area contributed by atoms with Crippen LogP contribution in [0.1, 0.15) is 81.9 Å². The van der Waals surface area contributed by atoms with Gasteiger partial charge >= 0.3 is 23.9 Å². The number of aliphatic carboxylic acids is 4. The second-order valence-electron chi connectivity index (χ2n) is 16.9. The largest absolute Gasteiger partial charge is 0.508 e. The molecule has 3 aliphatic carbocycles. The summed E-state index contributed by atoms with van der Waals surface area (Å²) in [6.07, 6.45) is 1.81. The molecule has 1 aliphatic heterocycles. The van der Waals surface area contributed by atoms with Crippen LogP contribution in [0.5, 0.6) is 11.5 Å². The van der Waals surface area contributed by atoms with Gasteiger partial charge in [0.2, 0.25) is 0 Å². The number of hydrogen-bond acceptors (Lipinski definition) is 15. The number of carbonyl (C=O) groups is 4. The smallest absolute Gasteiger partial charge is 0.335 e. The number of nitrogens with one attached hydrogen (secondary N) is 1. The van der Waals surface area contributed by atoms with Gasteiger partial charge in [-0.15, -0.1) is 0 Å². The van der Waals surface area contributed by atoms with Crippen molar-refractivity contribution < 1.29 is 84.8 Å². The molecule has 0 spiro atoms. The van der Waals surface area contributed by atoms with E-state index in [1.54, 1.807) is 7.11 Å². The number of rotatable bonds is 17. The summed E-state index contributed by atoms with van der Waals surface area (Å²) >= 11 is 0. The molecule has 4 aliphatic rings. The van der Waals surface area contributed by atoms with Gasteiger partial charge in [-0.25, -0.2) is 19.2 Å². The van der Waals surface area contributed by atoms with E-state index in [0.717, 1.165) is 63.3 Å². The van der Waals surface area contributed by atoms with Gasteiger partial charge in [-0.1, -0.05) is 51.3 Å². The summed E-state index contributed by atoms with van der Waals surface area (Å²) in [5.74, 6) is -5.09. The van der Waals surface area contributed by atoms with Crippen molar-refractivity contribution in [2.75, 3.05) is 40.0 Å². The summed E-state index contributed by atoms with van der Waals surface area (Å²) in [6, 6.07) is 14.4. The molecule has 19 nitrogen and oxygen atoms in total. The molecule has 2 aromatic rings. The van der Waals surface area contributed by atoms with Gasteiger partial charge in [0, 0.05) is 37.7 Å². The Balaban J connectivity index is 0.000000242. The lowest BCUT2D eigenvalue weighted by molar-refractivity contribution is -0.169. The van der Waals surface area contributed by atoms with E-state index in [1.807, 2.05) is 50.2 Å². The predicted molar refractivity (Wildman–Crippen MR) is 225 cm³/mol. The van der Waals surface area contributed by atoms with Crippen LogP contribution in [0.2, 0.25) is 0 Å². The summed E-state index contributed by atoms with van der Waals surface area (Å²) in [4.78, 5) is 41.7. The fraction of sp³-hybridized carbons (Fsp3) is 0.636. The molecule has 1 heterocycles. The van der Waals surface area contributed by atoms with Crippen LogP contribution in [0.25, 0.3) is 0 Å². The Kier molecular flexibility index (Phi) is 20.6. The van der Waals surface area contributed by atoms with E-state index in [1.165, 1.54) is 48.9 Å². The number of piperidine rings is 1. The Labute approximate surface area is 366 Å². The van der Waals surface area contributed by atoms with Crippen molar-refractivity contribution in [2.24, 2.45) is 5.92 Å². The molecule has 354 valence electrons. The number of ether oxygens (including phenoxy) is 2. The number of carboxylic acids is 4. The molecule has 0 amide bonds. The standard InChI is InChI=1S/C21H29NO2.C15H25NO3.2C4H6O6/c23-17-7-6-16-12-19-21(24)9-2-1-8-20(21,18(16)13-17)10-11-22(19)14-15-4-3-5-15;1-12(2)16-10-14(17)11-19-15-6-4-13(5-7-15)8-9-18-3;2*5-1(3(7)8)2(6)4(9)10/h6-7,13,15,19,23-24H,1-5,8-12,14H2;4-7,12,14,16-17H,8-11H2,1-3H3;2*1-2,5-6H,(H,7,8)(H,9,10)/t19-,20+,21-;;;/m1.../s1. The second-order valence-corrected chi connectivity index (χ2v) is 16.9. The highest BCUT2D eigenvalue weighted by atomic mass is 16.5. The van der Waals surface area contributed by atoms with E-state index in [-0.39, 0.29) is 11.5 Å². The van der Waals surface area contributed by atoms with E-state index in [4.69, 9.17) is 50.3 Å². The fourth-order valence-corrected chi connectivity index (χ4v) is 8.45. The van der Waals surface area contributed by atoms with E-state index in [0.29, 0.717) is 24.9 Å². The molecule has 2 aromatic carbocycles. The topological polar surface area (TPSA) is 325 Å². The van der Waals surface area contributed by atoms with Crippen LogP contribution < -0.4 is 10.1 Å². The Morgan fingerprint density at radius 3 is 1.84 bits per heavy atom. The summed E-state index contributed by atoms with van der Waals surface area (Å²) in [5.41, 5.74) is 3.11. The Hall–Kier alpha value is -4.44. The summed E-state index contributed by atoms with van der Waals surface area (Å²) in [7, 11) is 1.70. The highest BCUT2D eigenvalue weighted by Crippen LogP contribution is 2.58. The summed E-state index contributed by atoms with van der Waals surface area (Å²) < 4.78 is 10.6. The van der Waals surface area contributed by atoms with Gasteiger partial charge in [0.15, 0.2) is 24.4 Å². The lowest BCUT2D eigenvalue weighted by Gasteiger charge is -2.64. The zero-order valence-corrected chi connectivity index (χ0v) is 36.1. The Bertz CT molecular complexity index is 1700. The molecule has 19 heteroatoms. The van der Waals surface area contributed by atoms with Crippen molar-refractivity contribution in [1.29, 1.82) is 0 Å². The lowest BCUT2D eigenvalue weighted by atomic mass is 9.49. The second kappa shape index (κ2) is 24.6. The third kappa shape index (κ3) is 14.5. The van der Waals surface area contributed by atoms with E-state index >= 15 is 0 Å². The first-order valence-electron chi connectivity index (χ1n) is 21.2. The van der Waals surface area contributed by atoms with Gasteiger partial charge in [-0.2, -0.15) is 0 Å². The van der Waals surface area contributed by atoms with Crippen LogP contribution >= 0.6 is 0 Å². The number of phenolic OH excluding ortho intramolecular Hbond substituents is 1. The predicted octanol–water partition coefficient (Wildman–Crippen LogP) is 0.734. The summed E-state index contributed by atoms with van der Waals surface area (Å²) in [6.45, 7) is 7.95. The molecule has 2 bridgehead atoms. The molecule has 3 fully saturated rings. The van der Waals surface area contributed by atoms with Crippen molar-refractivity contribution in [3.05, 3.63) is 59.2 Å². The van der Waals surface area contributed by atoms with Crippen molar-refractivity contribution >= 4 is 23.9 Å². The molecule has 12 N–H and O–H groups in total. The number of aliphatic hydroxyl groups is 6.